The van der Waals surface area contributed by atoms with Crippen LogP contribution in [0.15, 0.2) is 0 Å². The van der Waals surface area contributed by atoms with Crippen molar-refractivity contribution in [2.75, 3.05) is 0 Å². The molecule has 0 amide bonds. The molecule has 0 atom stereocenters. The van der Waals surface area contributed by atoms with E-state index in [0.29, 0.717) is 0 Å². The van der Waals surface area contributed by atoms with E-state index in [-0.39, 0.29) is 107 Å². The molecule has 120 valence electrons. The van der Waals surface area contributed by atoms with Crippen LogP contribution in [0, 0.1) is 35.6 Å². The minimum atomic E-state index is -4.08. The van der Waals surface area contributed by atoms with Gasteiger partial charge in [0.15, 0.2) is 0 Å². The Morgan fingerprint density at radius 1 is 0.391 bits per heavy atom. The Balaban J connectivity index is -0.0000000197. The summed E-state index contributed by atoms with van der Waals surface area (Å²) in [5.74, 6) is 0. The zero-order valence-electron chi connectivity index (χ0n) is 10.4. The Bertz CT molecular complexity index is 219. The summed E-state index contributed by atoms with van der Waals surface area (Å²) >= 11 is -20.4. The molecule has 23 heteroatoms. The van der Waals surface area contributed by atoms with Gasteiger partial charge >= 0.3 is 253 Å². The molecule has 23 heavy (non-hydrogen) atoms. The summed E-state index contributed by atoms with van der Waals surface area (Å²) in [5.41, 5.74) is 0. The molecule has 0 aromatic carbocycles. The average molecular weight is 848 g/mol. The monoisotopic (exact) mass is 849 g/mol. The van der Waals surface area contributed by atoms with Crippen molar-refractivity contribution < 1.29 is 205 Å². The third-order valence-corrected chi connectivity index (χ3v) is 0. The second-order valence-corrected chi connectivity index (χ2v) is 5.15. The second-order valence-electron chi connectivity index (χ2n) is 1.25. The van der Waals surface area contributed by atoms with E-state index in [0.717, 1.165) is 0 Å². The quantitative estimate of drug-likeness (QED) is 0.204. The SMILES string of the molecule is [Ba+2].[La+3].[Nb+5].[O]=[Ti]([O-])[O-].[O]=[Ti]([O-])[O-].[O]=[Ti]([O-])[O-].[O]=[Ti]([O-])[O-].[O]=[Ti]([O-])[O-]. The van der Waals surface area contributed by atoms with Gasteiger partial charge in [0.05, 0.1) is 0 Å². The topological polar surface area (TPSA) is 316 Å². The van der Waals surface area contributed by atoms with Gasteiger partial charge < -0.3 is 0 Å². The van der Waals surface area contributed by atoms with Crippen molar-refractivity contribution in [2.45, 2.75) is 0 Å². The molecule has 0 unspecified atom stereocenters. The summed E-state index contributed by atoms with van der Waals surface area (Å²) in [6, 6.07) is 0. The maximum atomic E-state index is 8.58. The molecule has 0 fully saturated rings. The van der Waals surface area contributed by atoms with Crippen LogP contribution in [0.5, 0.6) is 0 Å². The van der Waals surface area contributed by atoms with Crippen LogP contribution in [-0.2, 0) is 132 Å². The Kier molecular flexibility index (Phi) is 103. The Hall–Kier alpha value is 5.68. The molecule has 0 aliphatic heterocycles. The summed E-state index contributed by atoms with van der Waals surface area (Å²) in [4.78, 5) is 0. The van der Waals surface area contributed by atoms with E-state index < -0.39 is 93.1 Å². The van der Waals surface area contributed by atoms with Gasteiger partial charge in [-0.2, -0.15) is 0 Å². The van der Waals surface area contributed by atoms with Crippen LogP contribution in [0.3, 0.4) is 0 Å². The summed E-state index contributed by atoms with van der Waals surface area (Å²) < 4.78 is 129. The average Bonchev–Trinajstić information content (AvgIpc) is 1.94. The predicted molar refractivity (Wildman–Crippen MR) is 9.19 cm³/mol. The molecule has 0 bridgehead atoms. The van der Waals surface area contributed by atoms with E-state index >= 15 is 0 Å². The van der Waals surface area contributed by atoms with E-state index in [2.05, 4.69) is 0 Å². The molecule has 0 aliphatic rings. The van der Waals surface area contributed by atoms with E-state index in [9.17, 15) is 0 Å². The fraction of sp³-hybridized carbons (Fsp3) is 0. The van der Waals surface area contributed by atoms with E-state index in [1.807, 2.05) is 0 Å². The molecule has 0 spiro atoms. The second kappa shape index (κ2) is 46.1. The molecule has 0 saturated carbocycles. The van der Waals surface area contributed by atoms with Gasteiger partial charge in [-0.25, -0.2) is 0 Å². The first-order chi connectivity index (χ1) is 8.66. The van der Waals surface area contributed by atoms with Gasteiger partial charge in [-0.1, -0.05) is 0 Å². The van der Waals surface area contributed by atoms with Gasteiger partial charge in [0, 0.05) is 0 Å². The van der Waals surface area contributed by atoms with Crippen LogP contribution in [0.4, 0.5) is 0 Å². The van der Waals surface area contributed by atoms with Gasteiger partial charge in [0.1, 0.15) is 0 Å². The van der Waals surface area contributed by atoms with Crippen molar-refractivity contribution in [3.8, 4) is 0 Å². The van der Waals surface area contributed by atoms with Crippen molar-refractivity contribution in [1.29, 1.82) is 0 Å². The molecule has 0 saturated heterocycles. The van der Waals surface area contributed by atoms with Gasteiger partial charge in [0.25, 0.3) is 0 Å². The van der Waals surface area contributed by atoms with Crippen molar-refractivity contribution in [1.82, 2.24) is 0 Å². The van der Waals surface area contributed by atoms with Crippen molar-refractivity contribution >= 4 is 48.9 Å². The van der Waals surface area contributed by atoms with Crippen molar-refractivity contribution in [3.63, 3.8) is 0 Å². The summed E-state index contributed by atoms with van der Waals surface area (Å²) in [5, 5.41) is 0. The van der Waals surface area contributed by atoms with E-state index in [1.54, 1.807) is 0 Å². The van der Waals surface area contributed by atoms with Crippen LogP contribution >= 0.6 is 0 Å². The van der Waals surface area contributed by atoms with Crippen molar-refractivity contribution in [3.05, 3.63) is 0 Å². The molecule has 0 aromatic rings. The zero-order chi connectivity index (χ0) is 17.9. The molecule has 15 nitrogen and oxygen atoms in total. The minimum absolute atomic E-state index is 0. The molecule has 0 aliphatic carbocycles. The fourth-order valence-electron chi connectivity index (χ4n) is 0. The third-order valence-electron chi connectivity index (χ3n) is 0. The first kappa shape index (κ1) is 51.4. The van der Waals surface area contributed by atoms with E-state index in [1.165, 1.54) is 0 Å². The molecular formula is BaLaNbO15Ti5. The van der Waals surface area contributed by atoms with Crippen LogP contribution in [0.2, 0.25) is 0 Å². The van der Waals surface area contributed by atoms with E-state index in [4.69, 9.17) is 53.5 Å². The molecule has 0 N–H and O–H groups in total. The maximum absolute atomic E-state index is 8.58. The summed E-state index contributed by atoms with van der Waals surface area (Å²) in [6.07, 6.45) is 0. The van der Waals surface area contributed by atoms with Crippen LogP contribution < -0.4 is 36.9 Å². The Labute approximate surface area is 247 Å². The fourth-order valence-corrected chi connectivity index (χ4v) is 0. The number of rotatable bonds is 0. The van der Waals surface area contributed by atoms with Gasteiger partial charge in [0.2, 0.25) is 0 Å². The van der Waals surface area contributed by atoms with Crippen LogP contribution in [-0.4, -0.2) is 48.9 Å². The van der Waals surface area contributed by atoms with Gasteiger partial charge in [-0.05, 0) is 0 Å². The van der Waals surface area contributed by atoms with Crippen LogP contribution in [0.25, 0.3) is 0 Å². The first-order valence-electron chi connectivity index (χ1n) is 3.06. The zero-order valence-corrected chi connectivity index (χ0v) is 28.4. The molecular weight excluding hydrogens is 848 g/mol. The summed E-state index contributed by atoms with van der Waals surface area (Å²) in [7, 11) is 0. The van der Waals surface area contributed by atoms with Gasteiger partial charge in [-0.15, -0.1) is 0 Å². The van der Waals surface area contributed by atoms with Gasteiger partial charge in [-0.3, -0.25) is 0 Å². The number of hydrogen-bond donors (Lipinski definition) is 0. The normalized spacial score (nSPS) is 5.65. The van der Waals surface area contributed by atoms with Crippen LogP contribution in [0.1, 0.15) is 0 Å². The Morgan fingerprint density at radius 3 is 0.391 bits per heavy atom. The molecule has 0 aromatic heterocycles. The standard InChI is InChI=1S/Ba.La.Nb.15O.5Ti/q+2;+3;+5;;;;;;10*-1;;;;;. The molecule has 0 heterocycles. The first-order valence-corrected chi connectivity index (χ1v) is 12.6. The molecule has 0 radical (unpaired) electrons. The predicted octanol–water partition coefficient (Wildman–Crippen LogP) is -12.9. The Morgan fingerprint density at radius 2 is 0.391 bits per heavy atom. The molecule has 0 rings (SSSR count). The third kappa shape index (κ3) is 566. The summed E-state index contributed by atoms with van der Waals surface area (Å²) in [6.45, 7) is 0. The number of hydrogen-bond acceptors (Lipinski definition) is 15. The van der Waals surface area contributed by atoms with Crippen molar-refractivity contribution in [2.24, 2.45) is 0 Å².